The van der Waals surface area contributed by atoms with Gasteiger partial charge in [0.15, 0.2) is 11.5 Å². The van der Waals surface area contributed by atoms with E-state index in [0.717, 1.165) is 17.1 Å². The zero-order chi connectivity index (χ0) is 9.68. The van der Waals surface area contributed by atoms with Gasteiger partial charge in [-0.05, 0) is 30.7 Å². The molecule has 1 rings (SSSR count). The maximum absolute atomic E-state index is 5.15. The summed E-state index contributed by atoms with van der Waals surface area (Å²) in [6, 6.07) is 5.75. The fraction of sp³-hybridized carbons (Fsp3) is 0.273. The van der Waals surface area contributed by atoms with Gasteiger partial charge in [0, 0.05) is 0 Å². The molecule has 0 heterocycles. The van der Waals surface area contributed by atoms with Crippen LogP contribution in [0.2, 0.25) is 0 Å². The van der Waals surface area contributed by atoms with Crippen LogP contribution in [0.15, 0.2) is 18.2 Å². The second kappa shape index (κ2) is 4.55. The third kappa shape index (κ3) is 2.25. The quantitative estimate of drug-likeness (QED) is 0.706. The van der Waals surface area contributed by atoms with Gasteiger partial charge in [-0.2, -0.15) is 0 Å². The van der Waals surface area contributed by atoms with Crippen LogP contribution in [0.1, 0.15) is 12.5 Å². The van der Waals surface area contributed by atoms with E-state index in [0.29, 0.717) is 0 Å². The van der Waals surface area contributed by atoms with Gasteiger partial charge in [0.25, 0.3) is 0 Å². The summed E-state index contributed by atoms with van der Waals surface area (Å²) in [6.07, 6.45) is 4.84. The Hall–Kier alpha value is -1.44. The maximum Gasteiger partial charge on any atom is 0.161 e. The summed E-state index contributed by atoms with van der Waals surface area (Å²) in [4.78, 5) is 0. The van der Waals surface area contributed by atoms with Crippen molar-refractivity contribution in [3.63, 3.8) is 0 Å². The topological polar surface area (TPSA) is 18.5 Å². The van der Waals surface area contributed by atoms with Crippen LogP contribution in [0.4, 0.5) is 0 Å². The van der Waals surface area contributed by atoms with Crippen LogP contribution >= 0.6 is 0 Å². The van der Waals surface area contributed by atoms with Crippen LogP contribution in [0.5, 0.6) is 11.5 Å². The Morgan fingerprint density at radius 2 is 1.85 bits per heavy atom. The molecule has 0 amide bonds. The molecule has 69 valence electrons. The minimum atomic E-state index is 0.742. The highest BCUT2D eigenvalue weighted by molar-refractivity contribution is 5.54. The Morgan fingerprint density at radius 1 is 1.15 bits per heavy atom. The second-order valence-electron chi connectivity index (χ2n) is 2.55. The summed E-state index contributed by atoms with van der Waals surface area (Å²) < 4.78 is 10.3. The molecule has 0 aliphatic heterocycles. The Labute approximate surface area is 78.8 Å². The van der Waals surface area contributed by atoms with Gasteiger partial charge in [-0.3, -0.25) is 0 Å². The summed E-state index contributed by atoms with van der Waals surface area (Å²) in [5, 5.41) is 0. The van der Waals surface area contributed by atoms with Crippen molar-refractivity contribution in [3.05, 3.63) is 29.8 Å². The third-order valence-corrected chi connectivity index (χ3v) is 1.72. The predicted molar refractivity (Wildman–Crippen MR) is 52.9 cm³/mol. The van der Waals surface area contributed by atoms with E-state index in [1.54, 1.807) is 14.2 Å². The lowest BCUT2D eigenvalue weighted by molar-refractivity contribution is 0.355. The molecule has 0 atom stereocenters. The first-order valence-corrected chi connectivity index (χ1v) is 4.04. The molecule has 1 aromatic carbocycles. The molecule has 0 N–H and O–H groups in total. The van der Waals surface area contributed by atoms with Crippen molar-refractivity contribution in [2.24, 2.45) is 0 Å². The van der Waals surface area contributed by atoms with Crippen molar-refractivity contribution in [1.29, 1.82) is 0 Å². The summed E-state index contributed by atoms with van der Waals surface area (Å²) >= 11 is 0. The number of allylic oxidation sites excluding steroid dienone is 1. The summed E-state index contributed by atoms with van der Waals surface area (Å²) in [5.74, 6) is 1.49. The molecule has 2 heteroatoms. The van der Waals surface area contributed by atoms with Crippen LogP contribution < -0.4 is 9.47 Å². The number of hydrogen-bond acceptors (Lipinski definition) is 2. The number of benzene rings is 1. The van der Waals surface area contributed by atoms with Gasteiger partial charge in [0.2, 0.25) is 0 Å². The van der Waals surface area contributed by atoms with Gasteiger partial charge >= 0.3 is 0 Å². The molecule has 0 unspecified atom stereocenters. The average Bonchev–Trinajstić information content (AvgIpc) is 2.18. The molecule has 0 spiro atoms. The van der Waals surface area contributed by atoms with Crippen molar-refractivity contribution >= 4 is 6.08 Å². The van der Waals surface area contributed by atoms with Crippen molar-refractivity contribution in [2.75, 3.05) is 14.2 Å². The molecular weight excluding hydrogens is 164 g/mol. The largest absolute Gasteiger partial charge is 0.493 e. The van der Waals surface area contributed by atoms with Gasteiger partial charge < -0.3 is 9.47 Å². The minimum absolute atomic E-state index is 0.742. The number of ether oxygens (including phenoxy) is 2. The van der Waals surface area contributed by atoms with Crippen molar-refractivity contribution in [3.8, 4) is 11.5 Å². The Kier molecular flexibility index (Phi) is 3.38. The van der Waals surface area contributed by atoms with Gasteiger partial charge in [0.1, 0.15) is 0 Å². The molecular formula is C11H13O2. The van der Waals surface area contributed by atoms with Crippen molar-refractivity contribution in [2.45, 2.75) is 6.92 Å². The zero-order valence-electron chi connectivity index (χ0n) is 8.13. The molecule has 0 bridgehead atoms. The Bertz CT molecular complexity index is 303. The standard InChI is InChI=1S/C11H13O2/c1-4-5-9-6-7-10(12-2)11(8-9)13-3/h5-8H,1-3H3. The number of hydrogen-bond donors (Lipinski definition) is 0. The summed E-state index contributed by atoms with van der Waals surface area (Å²) in [5.41, 5.74) is 1.06. The smallest absolute Gasteiger partial charge is 0.161 e. The van der Waals surface area contributed by atoms with Crippen molar-refractivity contribution in [1.82, 2.24) is 0 Å². The van der Waals surface area contributed by atoms with E-state index >= 15 is 0 Å². The van der Waals surface area contributed by atoms with E-state index in [4.69, 9.17) is 9.47 Å². The van der Waals surface area contributed by atoms with Crippen molar-refractivity contribution < 1.29 is 9.47 Å². The highest BCUT2D eigenvalue weighted by Gasteiger charge is 2.01. The van der Waals surface area contributed by atoms with Gasteiger partial charge in [-0.1, -0.05) is 12.1 Å². The third-order valence-electron chi connectivity index (χ3n) is 1.72. The average molecular weight is 177 g/mol. The first kappa shape index (κ1) is 9.65. The van der Waals surface area contributed by atoms with Crippen LogP contribution in [0, 0.1) is 6.08 Å². The molecule has 2 nitrogen and oxygen atoms in total. The van der Waals surface area contributed by atoms with E-state index in [9.17, 15) is 0 Å². The van der Waals surface area contributed by atoms with E-state index in [1.807, 2.05) is 31.2 Å². The summed E-state index contributed by atoms with van der Waals surface area (Å²) in [6.45, 7) is 1.86. The maximum atomic E-state index is 5.15. The highest BCUT2D eigenvalue weighted by atomic mass is 16.5. The molecule has 0 saturated carbocycles. The molecule has 1 radical (unpaired) electrons. The van der Waals surface area contributed by atoms with Gasteiger partial charge in [-0.15, -0.1) is 0 Å². The zero-order valence-corrected chi connectivity index (χ0v) is 8.13. The van der Waals surface area contributed by atoms with E-state index in [1.165, 1.54) is 0 Å². The lowest BCUT2D eigenvalue weighted by atomic mass is 10.2. The van der Waals surface area contributed by atoms with Gasteiger partial charge in [-0.25, -0.2) is 0 Å². The van der Waals surface area contributed by atoms with E-state index in [-0.39, 0.29) is 0 Å². The minimum Gasteiger partial charge on any atom is -0.493 e. The molecule has 0 aliphatic rings. The molecule has 0 saturated heterocycles. The monoisotopic (exact) mass is 177 g/mol. The fourth-order valence-corrected chi connectivity index (χ4v) is 1.11. The lowest BCUT2D eigenvalue weighted by Gasteiger charge is -2.07. The second-order valence-corrected chi connectivity index (χ2v) is 2.55. The fourth-order valence-electron chi connectivity index (χ4n) is 1.11. The summed E-state index contributed by atoms with van der Waals surface area (Å²) in [7, 11) is 3.25. The molecule has 0 aliphatic carbocycles. The normalized spacial score (nSPS) is 10.4. The van der Waals surface area contributed by atoms with Crippen LogP contribution in [0.3, 0.4) is 0 Å². The number of rotatable bonds is 3. The first-order valence-electron chi connectivity index (χ1n) is 4.04. The van der Waals surface area contributed by atoms with Gasteiger partial charge in [0.05, 0.1) is 14.2 Å². The first-order chi connectivity index (χ1) is 6.31. The lowest BCUT2D eigenvalue weighted by Crippen LogP contribution is -1.90. The SMILES string of the molecule is C[C]=Cc1ccc(OC)c(OC)c1. The molecule has 1 aromatic rings. The Balaban J connectivity index is 3.05. The number of methoxy groups -OCH3 is 2. The van der Waals surface area contributed by atoms with E-state index < -0.39 is 0 Å². The van der Waals surface area contributed by atoms with E-state index in [2.05, 4.69) is 6.08 Å². The molecule has 0 aromatic heterocycles. The molecule has 0 fully saturated rings. The highest BCUT2D eigenvalue weighted by Crippen LogP contribution is 2.27. The van der Waals surface area contributed by atoms with Crippen LogP contribution in [-0.4, -0.2) is 14.2 Å². The van der Waals surface area contributed by atoms with Crippen LogP contribution in [-0.2, 0) is 0 Å². The Morgan fingerprint density at radius 3 is 2.38 bits per heavy atom. The molecule has 13 heavy (non-hydrogen) atoms. The van der Waals surface area contributed by atoms with Crippen LogP contribution in [0.25, 0.3) is 6.08 Å². The predicted octanol–water partition coefficient (Wildman–Crippen LogP) is 2.54.